The second-order valence-electron chi connectivity index (χ2n) is 6.98. The van der Waals surface area contributed by atoms with Gasteiger partial charge in [0.1, 0.15) is 0 Å². The Bertz CT molecular complexity index is 733. The molecule has 1 aromatic carbocycles. The number of para-hydroxylation sites is 1. The number of likely N-dealkylation sites (tertiary alicyclic amines) is 1. The summed E-state index contributed by atoms with van der Waals surface area (Å²) in [5.74, 6) is 0.809. The van der Waals surface area contributed by atoms with Crippen molar-refractivity contribution < 1.29 is 9.53 Å². The average molecular weight is 393 g/mol. The number of piperidine rings is 1. The fourth-order valence-corrected chi connectivity index (χ4v) is 3.31. The molecule has 7 heteroatoms. The molecule has 0 radical (unpaired) electrons. The molecule has 2 heterocycles. The molecule has 1 aliphatic heterocycles. The highest BCUT2D eigenvalue weighted by Gasteiger charge is 2.30. The number of ether oxygens (including phenoxy) is 1. The van der Waals surface area contributed by atoms with Crippen LogP contribution in [0.2, 0.25) is 0 Å². The van der Waals surface area contributed by atoms with Crippen molar-refractivity contribution in [2.24, 2.45) is 11.7 Å². The normalized spacial score (nSPS) is 17.9. The van der Waals surface area contributed by atoms with Gasteiger partial charge in [0.25, 0.3) is 5.91 Å². The highest BCUT2D eigenvalue weighted by molar-refractivity contribution is 5.95. The van der Waals surface area contributed by atoms with Crippen LogP contribution >= 0.6 is 12.4 Å². The summed E-state index contributed by atoms with van der Waals surface area (Å²) in [4.78, 5) is 15.0. The maximum absolute atomic E-state index is 13.1. The van der Waals surface area contributed by atoms with Crippen LogP contribution in [0.4, 0.5) is 0 Å². The van der Waals surface area contributed by atoms with E-state index in [2.05, 4.69) is 5.10 Å². The van der Waals surface area contributed by atoms with Gasteiger partial charge in [-0.15, -0.1) is 12.4 Å². The maximum Gasteiger partial charge on any atom is 0.278 e. The van der Waals surface area contributed by atoms with Crippen LogP contribution in [0.5, 0.6) is 5.75 Å². The molecule has 2 atom stereocenters. The maximum atomic E-state index is 13.1. The summed E-state index contributed by atoms with van der Waals surface area (Å²) in [5.41, 5.74) is 7.35. The first-order valence-electron chi connectivity index (χ1n) is 9.43. The lowest BCUT2D eigenvalue weighted by Crippen LogP contribution is -2.45. The first-order chi connectivity index (χ1) is 12.6. The fraction of sp³-hybridized carbons (Fsp3) is 0.500. The number of nitrogens with two attached hydrogens (primary N) is 1. The van der Waals surface area contributed by atoms with Gasteiger partial charge in [-0.2, -0.15) is 5.10 Å². The lowest BCUT2D eigenvalue weighted by Gasteiger charge is -2.34. The van der Waals surface area contributed by atoms with Gasteiger partial charge in [-0.25, -0.2) is 4.68 Å². The van der Waals surface area contributed by atoms with Crippen LogP contribution in [0.1, 0.15) is 43.6 Å². The van der Waals surface area contributed by atoms with E-state index in [1.165, 1.54) is 0 Å². The number of nitrogens with zero attached hydrogens (tertiary/aromatic N) is 3. The van der Waals surface area contributed by atoms with Gasteiger partial charge in [-0.05, 0) is 44.2 Å². The Labute approximate surface area is 167 Å². The number of rotatable bonds is 6. The zero-order valence-corrected chi connectivity index (χ0v) is 16.8. The van der Waals surface area contributed by atoms with Crippen molar-refractivity contribution in [2.45, 2.75) is 39.2 Å². The predicted molar refractivity (Wildman–Crippen MR) is 109 cm³/mol. The molecule has 3 rings (SSSR count). The van der Waals surface area contributed by atoms with Crippen LogP contribution in [0, 0.1) is 5.92 Å². The molecule has 6 nitrogen and oxygen atoms in total. The van der Waals surface area contributed by atoms with Crippen molar-refractivity contribution in [1.29, 1.82) is 0 Å². The van der Waals surface area contributed by atoms with Crippen molar-refractivity contribution >= 4 is 18.3 Å². The lowest BCUT2D eigenvalue weighted by molar-refractivity contribution is 0.0650. The molecule has 148 valence electrons. The molecule has 1 saturated heterocycles. The Kier molecular flexibility index (Phi) is 7.68. The summed E-state index contributed by atoms with van der Waals surface area (Å²) >= 11 is 0. The van der Waals surface area contributed by atoms with E-state index < -0.39 is 0 Å². The van der Waals surface area contributed by atoms with Crippen molar-refractivity contribution in [3.8, 4) is 11.4 Å². The van der Waals surface area contributed by atoms with Gasteiger partial charge < -0.3 is 15.4 Å². The largest absolute Gasteiger partial charge is 0.489 e. The van der Waals surface area contributed by atoms with E-state index >= 15 is 0 Å². The fourth-order valence-electron chi connectivity index (χ4n) is 3.31. The monoisotopic (exact) mass is 392 g/mol. The van der Waals surface area contributed by atoms with E-state index in [1.807, 2.05) is 49.1 Å². The topological polar surface area (TPSA) is 73.4 Å². The standard InChI is InChI=1S/C20H28N4O2.ClH/c1-3-12-26-18-14-24(17-9-5-4-6-10-17)22-19(18)20(25)23-11-7-8-16(13-23)15(2)21;/h4-6,9-10,14-16H,3,7-8,11-13,21H2,1-2H3;1H. The van der Waals surface area contributed by atoms with Gasteiger partial charge in [0.2, 0.25) is 0 Å². The Hall–Kier alpha value is -2.05. The van der Waals surface area contributed by atoms with E-state index in [4.69, 9.17) is 10.5 Å². The number of benzene rings is 1. The molecular formula is C20H29ClN4O2. The number of carbonyl (C=O) groups excluding carboxylic acids is 1. The average Bonchev–Trinajstić information content (AvgIpc) is 3.10. The van der Waals surface area contributed by atoms with Crippen molar-refractivity contribution in [1.82, 2.24) is 14.7 Å². The van der Waals surface area contributed by atoms with E-state index in [0.717, 1.165) is 31.5 Å². The molecule has 1 aromatic heterocycles. The minimum absolute atomic E-state index is 0. The molecule has 0 bridgehead atoms. The summed E-state index contributed by atoms with van der Waals surface area (Å²) in [6.07, 6.45) is 4.72. The molecule has 27 heavy (non-hydrogen) atoms. The molecule has 1 amide bonds. The number of hydrogen-bond acceptors (Lipinski definition) is 4. The van der Waals surface area contributed by atoms with Crippen LogP contribution in [0.3, 0.4) is 0 Å². The molecule has 0 aliphatic carbocycles. The third kappa shape index (κ3) is 5.02. The zero-order valence-electron chi connectivity index (χ0n) is 16.0. The van der Waals surface area contributed by atoms with Gasteiger partial charge in [-0.1, -0.05) is 25.1 Å². The molecule has 1 aliphatic rings. The molecular weight excluding hydrogens is 364 g/mol. The zero-order chi connectivity index (χ0) is 18.5. The number of hydrogen-bond donors (Lipinski definition) is 1. The molecule has 0 spiro atoms. The number of halogens is 1. The summed E-state index contributed by atoms with van der Waals surface area (Å²) in [5, 5.41) is 4.55. The number of aromatic nitrogens is 2. The summed E-state index contributed by atoms with van der Waals surface area (Å²) < 4.78 is 7.53. The quantitative estimate of drug-likeness (QED) is 0.818. The molecule has 0 saturated carbocycles. The van der Waals surface area contributed by atoms with E-state index in [0.29, 0.717) is 30.5 Å². The van der Waals surface area contributed by atoms with Gasteiger partial charge in [0, 0.05) is 19.1 Å². The molecule has 2 N–H and O–H groups in total. The Morgan fingerprint density at radius 1 is 1.37 bits per heavy atom. The van der Waals surface area contributed by atoms with Crippen molar-refractivity contribution in [3.63, 3.8) is 0 Å². The number of carbonyl (C=O) groups is 1. The van der Waals surface area contributed by atoms with Gasteiger partial charge in [-0.3, -0.25) is 4.79 Å². The Morgan fingerprint density at radius 3 is 2.78 bits per heavy atom. The summed E-state index contributed by atoms with van der Waals surface area (Å²) in [7, 11) is 0. The van der Waals surface area contributed by atoms with Crippen molar-refractivity contribution in [3.05, 3.63) is 42.2 Å². The van der Waals surface area contributed by atoms with Gasteiger partial charge in [0.05, 0.1) is 18.5 Å². The van der Waals surface area contributed by atoms with E-state index in [1.54, 1.807) is 10.9 Å². The first kappa shape index (κ1) is 21.3. The van der Waals surface area contributed by atoms with Crippen LogP contribution in [0.15, 0.2) is 36.5 Å². The van der Waals surface area contributed by atoms with Crippen LogP contribution in [0.25, 0.3) is 5.69 Å². The second-order valence-corrected chi connectivity index (χ2v) is 6.98. The third-order valence-corrected chi connectivity index (χ3v) is 4.85. The Balaban J connectivity index is 0.00000261. The van der Waals surface area contributed by atoms with E-state index in [-0.39, 0.29) is 24.4 Å². The second kappa shape index (κ2) is 9.76. The highest BCUT2D eigenvalue weighted by Crippen LogP contribution is 2.25. The minimum atomic E-state index is -0.0730. The molecule has 2 unspecified atom stereocenters. The predicted octanol–water partition coefficient (Wildman–Crippen LogP) is 3.28. The minimum Gasteiger partial charge on any atom is -0.489 e. The number of amides is 1. The summed E-state index contributed by atoms with van der Waals surface area (Å²) in [6.45, 7) is 6.04. The van der Waals surface area contributed by atoms with Gasteiger partial charge >= 0.3 is 0 Å². The molecule has 1 fully saturated rings. The van der Waals surface area contributed by atoms with E-state index in [9.17, 15) is 4.79 Å². The lowest BCUT2D eigenvalue weighted by atomic mass is 9.92. The highest BCUT2D eigenvalue weighted by atomic mass is 35.5. The van der Waals surface area contributed by atoms with Crippen LogP contribution in [-0.2, 0) is 0 Å². The van der Waals surface area contributed by atoms with Crippen LogP contribution in [-0.4, -0.2) is 46.3 Å². The SMILES string of the molecule is CCCOc1cn(-c2ccccc2)nc1C(=O)N1CCCC(C(C)N)C1.Cl. The van der Waals surface area contributed by atoms with Gasteiger partial charge in [0.15, 0.2) is 11.4 Å². The Morgan fingerprint density at radius 2 is 2.11 bits per heavy atom. The first-order valence-corrected chi connectivity index (χ1v) is 9.43. The third-order valence-electron chi connectivity index (χ3n) is 4.85. The summed E-state index contributed by atoms with van der Waals surface area (Å²) in [6, 6.07) is 9.85. The van der Waals surface area contributed by atoms with Crippen molar-refractivity contribution in [2.75, 3.05) is 19.7 Å². The smallest absolute Gasteiger partial charge is 0.278 e. The molecule has 2 aromatic rings. The van der Waals surface area contributed by atoms with Crippen LogP contribution < -0.4 is 10.5 Å².